The second-order valence-electron chi connectivity index (χ2n) is 10.7. The third-order valence-corrected chi connectivity index (χ3v) is 6.94. The van der Waals surface area contributed by atoms with Gasteiger partial charge < -0.3 is 4.42 Å². The summed E-state index contributed by atoms with van der Waals surface area (Å²) in [5.41, 5.74) is 7.50. The topological polar surface area (TPSA) is 17.0 Å². The molecule has 2 heteroatoms. The first-order valence-electron chi connectivity index (χ1n) is 13.5. The van der Waals surface area contributed by atoms with E-state index in [1.165, 1.54) is 16.3 Å². The van der Waals surface area contributed by atoms with Gasteiger partial charge in [0, 0.05) is 25.6 Å². The van der Waals surface area contributed by atoms with Crippen LogP contribution in [0, 0.1) is 12.3 Å². The van der Waals surface area contributed by atoms with Crippen LogP contribution in [0.4, 0.5) is 0 Å². The molecule has 0 aliphatic heterocycles. The van der Waals surface area contributed by atoms with Crippen LogP contribution in [0.5, 0.6) is 0 Å². The highest BCUT2D eigenvalue weighted by atomic mass is 16.3. The van der Waals surface area contributed by atoms with E-state index >= 15 is 0 Å². The number of hydrogen-bond donors (Lipinski definition) is 0. The van der Waals surface area contributed by atoms with E-state index in [4.69, 9.17) is 7.16 Å². The number of nitrogens with zero attached hydrogens (tertiary/aromatic N) is 1. The van der Waals surface area contributed by atoms with Gasteiger partial charge in [-0.25, -0.2) is 4.57 Å². The summed E-state index contributed by atoms with van der Waals surface area (Å²) in [4.78, 5) is 0. The smallest absolute Gasteiger partial charge is 0.216 e. The van der Waals surface area contributed by atoms with Gasteiger partial charge in [-0.2, -0.15) is 0 Å². The summed E-state index contributed by atoms with van der Waals surface area (Å²) >= 11 is 0. The van der Waals surface area contributed by atoms with Gasteiger partial charge in [-0.05, 0) is 57.8 Å². The van der Waals surface area contributed by atoms with Crippen LogP contribution in [0.1, 0.15) is 34.6 Å². The molecular formula is C34H32NO+. The Labute approximate surface area is 215 Å². The number of furan rings is 1. The van der Waals surface area contributed by atoms with Crippen LogP contribution in [0.3, 0.4) is 0 Å². The Bertz CT molecular complexity index is 1840. The summed E-state index contributed by atoms with van der Waals surface area (Å²) in [5.74, 6) is 0. The van der Waals surface area contributed by atoms with Crippen molar-refractivity contribution >= 4 is 32.7 Å². The average Bonchev–Trinajstić information content (AvgIpc) is 3.28. The Morgan fingerprint density at radius 2 is 1.47 bits per heavy atom. The maximum absolute atomic E-state index is 8.63. The molecule has 0 fully saturated rings. The third-order valence-electron chi connectivity index (χ3n) is 6.94. The maximum atomic E-state index is 8.63. The molecular weight excluding hydrogens is 438 g/mol. The van der Waals surface area contributed by atoms with Crippen LogP contribution < -0.4 is 4.57 Å². The van der Waals surface area contributed by atoms with Crippen molar-refractivity contribution in [3.8, 4) is 22.4 Å². The predicted molar refractivity (Wildman–Crippen MR) is 151 cm³/mol. The first-order valence-corrected chi connectivity index (χ1v) is 12.5. The molecule has 0 saturated carbocycles. The molecule has 0 atom stereocenters. The summed E-state index contributed by atoms with van der Waals surface area (Å²) in [6.07, 6.45) is 0.672. The molecule has 0 unspecified atom stereocenters. The average molecular weight is 473 g/mol. The molecule has 178 valence electrons. The van der Waals surface area contributed by atoms with Crippen molar-refractivity contribution in [3.05, 3.63) is 102 Å². The Balaban J connectivity index is 1.57. The number of aromatic nitrogens is 1. The number of hydrogen-bond acceptors (Lipinski definition) is 1. The highest BCUT2D eigenvalue weighted by molar-refractivity contribution is 6.23. The van der Waals surface area contributed by atoms with Crippen molar-refractivity contribution < 1.29 is 11.7 Å². The molecule has 0 saturated heterocycles. The van der Waals surface area contributed by atoms with Gasteiger partial charge in [-0.1, -0.05) is 87.5 Å². The minimum absolute atomic E-state index is 0.492. The fourth-order valence-corrected chi connectivity index (χ4v) is 5.31. The van der Waals surface area contributed by atoms with Gasteiger partial charge in [0.2, 0.25) is 5.69 Å². The Morgan fingerprint density at radius 1 is 0.806 bits per heavy atom. The van der Waals surface area contributed by atoms with E-state index in [1.807, 2.05) is 57.2 Å². The summed E-state index contributed by atoms with van der Waals surface area (Å²) in [6, 6.07) is 29.1. The second kappa shape index (κ2) is 8.34. The molecule has 6 rings (SSSR count). The minimum Gasteiger partial charge on any atom is -0.455 e. The van der Waals surface area contributed by atoms with Gasteiger partial charge in [-0.15, -0.1) is 0 Å². The number of aryl methyl sites for hydroxylation is 2. The van der Waals surface area contributed by atoms with E-state index < -0.39 is 11.8 Å². The molecule has 0 bridgehead atoms. The van der Waals surface area contributed by atoms with Gasteiger partial charge in [-0.3, -0.25) is 0 Å². The van der Waals surface area contributed by atoms with E-state index in [9.17, 15) is 0 Å². The van der Waals surface area contributed by atoms with Gasteiger partial charge >= 0.3 is 0 Å². The standard InChI is InChI=1S/C34H32NO/c1-22-26-10-6-7-11-27(26)32-28-12-8-9-13-30(28)36-33(32)31(22)29-20-25(18-19-35(29)5)24-16-14-23(15-17-24)21-34(2,3)4/h6-20H,21H2,1-5H3/q+1/i21D2. The summed E-state index contributed by atoms with van der Waals surface area (Å²) in [6.45, 7) is 8.00. The highest BCUT2D eigenvalue weighted by Gasteiger charge is 2.24. The minimum atomic E-state index is -1.42. The monoisotopic (exact) mass is 472 g/mol. The third kappa shape index (κ3) is 3.78. The number of benzene rings is 4. The lowest BCUT2D eigenvalue weighted by atomic mass is 9.87. The Hall–Kier alpha value is -3.91. The molecule has 0 amide bonds. The van der Waals surface area contributed by atoms with Gasteiger partial charge in [0.15, 0.2) is 6.20 Å². The predicted octanol–water partition coefficient (Wildman–Crippen LogP) is 8.79. The Kier molecular flexibility index (Phi) is 4.70. The molecule has 2 aromatic heterocycles. The van der Waals surface area contributed by atoms with E-state index in [2.05, 4.69) is 73.3 Å². The van der Waals surface area contributed by atoms with E-state index in [0.29, 0.717) is 5.56 Å². The maximum Gasteiger partial charge on any atom is 0.216 e. The van der Waals surface area contributed by atoms with Crippen molar-refractivity contribution in [1.29, 1.82) is 0 Å². The first kappa shape index (κ1) is 20.3. The largest absolute Gasteiger partial charge is 0.455 e. The zero-order valence-electron chi connectivity index (χ0n) is 23.5. The summed E-state index contributed by atoms with van der Waals surface area (Å²) in [7, 11) is 2.07. The van der Waals surface area contributed by atoms with Crippen LogP contribution in [-0.4, -0.2) is 0 Å². The van der Waals surface area contributed by atoms with Crippen LogP contribution >= 0.6 is 0 Å². The molecule has 2 heterocycles. The zero-order valence-corrected chi connectivity index (χ0v) is 21.5. The molecule has 0 radical (unpaired) electrons. The molecule has 2 nitrogen and oxygen atoms in total. The summed E-state index contributed by atoms with van der Waals surface area (Å²) < 4.78 is 26.0. The van der Waals surface area contributed by atoms with Crippen LogP contribution in [0.2, 0.25) is 0 Å². The fourth-order valence-electron chi connectivity index (χ4n) is 5.31. The molecule has 0 aliphatic carbocycles. The van der Waals surface area contributed by atoms with Crippen LogP contribution in [0.15, 0.2) is 95.5 Å². The number of fused-ring (bicyclic) bond motifs is 5. The molecule has 0 aliphatic rings. The van der Waals surface area contributed by atoms with Crippen LogP contribution in [-0.2, 0) is 13.4 Å². The van der Waals surface area contributed by atoms with Crippen molar-refractivity contribution in [1.82, 2.24) is 0 Å². The quantitative estimate of drug-likeness (QED) is 0.235. The second-order valence-corrected chi connectivity index (χ2v) is 10.7. The molecule has 36 heavy (non-hydrogen) atoms. The van der Waals surface area contributed by atoms with E-state index in [1.54, 1.807) is 0 Å². The molecule has 4 aromatic carbocycles. The van der Waals surface area contributed by atoms with Crippen molar-refractivity contribution in [2.45, 2.75) is 34.1 Å². The highest BCUT2D eigenvalue weighted by Crippen LogP contribution is 2.43. The van der Waals surface area contributed by atoms with Crippen molar-refractivity contribution in [2.75, 3.05) is 0 Å². The molecule has 0 spiro atoms. The first-order chi connectivity index (χ1) is 18.1. The summed E-state index contributed by atoms with van der Waals surface area (Å²) in [5, 5.41) is 4.70. The molecule has 0 N–H and O–H groups in total. The normalized spacial score (nSPS) is 13.4. The van der Waals surface area contributed by atoms with Crippen molar-refractivity contribution in [3.63, 3.8) is 0 Å². The number of pyridine rings is 1. The Morgan fingerprint density at radius 3 is 2.19 bits per heavy atom. The molecule has 6 aromatic rings. The van der Waals surface area contributed by atoms with Gasteiger partial charge in [0.25, 0.3) is 0 Å². The zero-order chi connectivity index (χ0) is 26.8. The lowest BCUT2D eigenvalue weighted by Gasteiger charge is -2.18. The van der Waals surface area contributed by atoms with Crippen molar-refractivity contribution in [2.24, 2.45) is 12.5 Å². The number of rotatable bonds is 3. The number of para-hydroxylation sites is 1. The SMILES string of the molecule is [2H]C([2H])(c1ccc(-c2cc[n+](C)c(-c3c(C)c4ccccc4c4c3oc3ccccc34)c2)cc1)C(C)(C)C. The lowest BCUT2D eigenvalue weighted by Crippen LogP contribution is -2.30. The fraction of sp³-hybridized carbons (Fsp3) is 0.206. The van der Waals surface area contributed by atoms with Gasteiger partial charge in [0.05, 0.1) is 5.56 Å². The van der Waals surface area contributed by atoms with Crippen LogP contribution in [0.25, 0.3) is 55.1 Å². The van der Waals surface area contributed by atoms with E-state index in [0.717, 1.165) is 44.3 Å². The van der Waals surface area contributed by atoms with E-state index in [-0.39, 0.29) is 0 Å². The lowest BCUT2D eigenvalue weighted by molar-refractivity contribution is -0.660. The van der Waals surface area contributed by atoms with Gasteiger partial charge in [0.1, 0.15) is 18.2 Å².